The van der Waals surface area contributed by atoms with Gasteiger partial charge in [0, 0.05) is 18.0 Å². The van der Waals surface area contributed by atoms with E-state index in [-0.39, 0.29) is 24.4 Å². The first-order chi connectivity index (χ1) is 14.5. The Morgan fingerprint density at radius 3 is 2.10 bits per heavy atom. The van der Waals surface area contributed by atoms with Crippen molar-refractivity contribution in [1.82, 2.24) is 5.32 Å². The minimum Gasteiger partial charge on any atom is -0.462 e. The minimum atomic E-state index is -0.378. The lowest BCUT2D eigenvalue weighted by molar-refractivity contribution is 0.0491. The molecule has 0 bridgehead atoms. The first-order valence-electron chi connectivity index (χ1n) is 9.55. The van der Waals surface area contributed by atoms with Crippen molar-refractivity contribution in [2.75, 3.05) is 13.2 Å². The molecule has 0 radical (unpaired) electrons. The number of ether oxygens (including phenoxy) is 1. The normalized spacial score (nSPS) is 11.5. The maximum Gasteiger partial charge on any atom is 0.338 e. The molecule has 0 saturated heterocycles. The van der Waals surface area contributed by atoms with Crippen LogP contribution >= 0.6 is 23.2 Å². The van der Waals surface area contributed by atoms with Crippen LogP contribution in [0.2, 0.25) is 10.0 Å². The van der Waals surface area contributed by atoms with Crippen molar-refractivity contribution in [2.45, 2.75) is 12.3 Å². The van der Waals surface area contributed by atoms with Crippen molar-refractivity contribution in [3.8, 4) is 0 Å². The number of benzene rings is 3. The average molecular weight is 442 g/mol. The molecule has 0 aliphatic carbocycles. The predicted molar refractivity (Wildman–Crippen MR) is 119 cm³/mol. The molecule has 4 nitrogen and oxygen atoms in total. The van der Waals surface area contributed by atoms with E-state index in [0.717, 1.165) is 5.56 Å². The number of esters is 1. The zero-order valence-electron chi connectivity index (χ0n) is 16.2. The summed E-state index contributed by atoms with van der Waals surface area (Å²) in [6.07, 6.45) is 0.519. The smallest absolute Gasteiger partial charge is 0.338 e. The van der Waals surface area contributed by atoms with Crippen molar-refractivity contribution in [2.24, 2.45) is 0 Å². The van der Waals surface area contributed by atoms with Gasteiger partial charge in [0.05, 0.1) is 22.2 Å². The molecule has 0 fully saturated rings. The van der Waals surface area contributed by atoms with Crippen molar-refractivity contribution in [3.05, 3.63) is 106 Å². The van der Waals surface area contributed by atoms with E-state index in [1.54, 1.807) is 48.5 Å². The van der Waals surface area contributed by atoms with Crippen LogP contribution in [0.4, 0.5) is 0 Å². The van der Waals surface area contributed by atoms with Gasteiger partial charge in [0.25, 0.3) is 5.91 Å². The third-order valence-electron chi connectivity index (χ3n) is 4.67. The molecule has 154 valence electrons. The molecule has 0 spiro atoms. The van der Waals surface area contributed by atoms with E-state index in [2.05, 4.69) is 5.32 Å². The van der Waals surface area contributed by atoms with Gasteiger partial charge in [0.1, 0.15) is 0 Å². The molecule has 3 rings (SSSR count). The van der Waals surface area contributed by atoms with Crippen LogP contribution in [-0.2, 0) is 4.74 Å². The van der Waals surface area contributed by atoms with Gasteiger partial charge in [-0.1, -0.05) is 65.7 Å². The Labute approximate surface area is 185 Å². The fourth-order valence-corrected chi connectivity index (χ4v) is 3.32. The number of halogens is 2. The summed E-state index contributed by atoms with van der Waals surface area (Å²) < 4.78 is 5.41. The second-order valence-corrected chi connectivity index (χ2v) is 7.55. The number of nitrogens with one attached hydrogen (secondary N) is 1. The molecular formula is C24H21Cl2NO3. The lowest BCUT2D eigenvalue weighted by Gasteiger charge is -2.19. The van der Waals surface area contributed by atoms with E-state index in [9.17, 15) is 9.59 Å². The van der Waals surface area contributed by atoms with E-state index in [0.29, 0.717) is 34.1 Å². The SMILES string of the molecule is O=C(NC[C@@H](CCOC(=O)c1ccccc1)c1ccc(Cl)c(Cl)c1)c1ccccc1. The standard InChI is InChI=1S/C24H21Cl2NO3/c25-21-12-11-19(15-22(21)26)20(16-27-23(28)17-7-3-1-4-8-17)13-14-30-24(29)18-9-5-2-6-10-18/h1-12,15,20H,13-14,16H2,(H,27,28)/t20-/m1/s1. The summed E-state index contributed by atoms with van der Waals surface area (Å²) in [6, 6.07) is 23.2. The summed E-state index contributed by atoms with van der Waals surface area (Å²) in [6.45, 7) is 0.578. The van der Waals surface area contributed by atoms with Crippen molar-refractivity contribution < 1.29 is 14.3 Å². The highest BCUT2D eigenvalue weighted by Gasteiger charge is 2.17. The highest BCUT2D eigenvalue weighted by Crippen LogP contribution is 2.28. The summed E-state index contributed by atoms with van der Waals surface area (Å²) in [5.74, 6) is -0.644. The number of carbonyl (C=O) groups is 2. The van der Waals surface area contributed by atoms with Gasteiger partial charge in [-0.2, -0.15) is 0 Å². The van der Waals surface area contributed by atoms with Gasteiger partial charge in [-0.25, -0.2) is 4.79 Å². The molecule has 1 atom stereocenters. The van der Waals surface area contributed by atoms with Gasteiger partial charge >= 0.3 is 5.97 Å². The zero-order valence-corrected chi connectivity index (χ0v) is 17.7. The molecule has 3 aromatic carbocycles. The largest absolute Gasteiger partial charge is 0.462 e. The Morgan fingerprint density at radius 1 is 0.833 bits per heavy atom. The lowest BCUT2D eigenvalue weighted by Crippen LogP contribution is -2.29. The topological polar surface area (TPSA) is 55.4 Å². The molecule has 0 saturated carbocycles. The molecular weight excluding hydrogens is 421 g/mol. The fraction of sp³-hybridized carbons (Fsp3) is 0.167. The number of hydrogen-bond acceptors (Lipinski definition) is 3. The molecule has 1 amide bonds. The Kier molecular flexibility index (Phi) is 7.89. The summed E-state index contributed by atoms with van der Waals surface area (Å²) in [5.41, 5.74) is 2.00. The molecule has 30 heavy (non-hydrogen) atoms. The molecule has 3 aromatic rings. The van der Waals surface area contributed by atoms with E-state index >= 15 is 0 Å². The van der Waals surface area contributed by atoms with Crippen LogP contribution in [0.25, 0.3) is 0 Å². The second kappa shape index (κ2) is 10.8. The summed E-state index contributed by atoms with van der Waals surface area (Å²) in [4.78, 5) is 24.6. The lowest BCUT2D eigenvalue weighted by atomic mass is 9.95. The van der Waals surface area contributed by atoms with Crippen LogP contribution in [0.1, 0.15) is 38.6 Å². The van der Waals surface area contributed by atoms with Crippen molar-refractivity contribution in [3.63, 3.8) is 0 Å². The van der Waals surface area contributed by atoms with Crippen LogP contribution in [0.15, 0.2) is 78.9 Å². The minimum absolute atomic E-state index is 0.101. The Balaban J connectivity index is 1.65. The number of rotatable bonds is 8. The third kappa shape index (κ3) is 6.09. The summed E-state index contributed by atoms with van der Waals surface area (Å²) in [5, 5.41) is 3.85. The Morgan fingerprint density at radius 2 is 1.47 bits per heavy atom. The molecule has 0 aromatic heterocycles. The Hall–Kier alpha value is -2.82. The Bertz CT molecular complexity index is 994. The van der Waals surface area contributed by atoms with Gasteiger partial charge in [-0.15, -0.1) is 0 Å². The fourth-order valence-electron chi connectivity index (χ4n) is 3.01. The van der Waals surface area contributed by atoms with Crippen LogP contribution in [0.5, 0.6) is 0 Å². The maximum atomic E-state index is 12.4. The molecule has 0 heterocycles. The molecule has 0 unspecified atom stereocenters. The highest BCUT2D eigenvalue weighted by atomic mass is 35.5. The molecule has 0 aliphatic rings. The van der Waals surface area contributed by atoms with E-state index in [1.807, 2.05) is 30.3 Å². The van der Waals surface area contributed by atoms with E-state index in [4.69, 9.17) is 27.9 Å². The van der Waals surface area contributed by atoms with Crippen molar-refractivity contribution in [1.29, 1.82) is 0 Å². The van der Waals surface area contributed by atoms with E-state index < -0.39 is 0 Å². The second-order valence-electron chi connectivity index (χ2n) is 6.74. The first-order valence-corrected chi connectivity index (χ1v) is 10.3. The quantitative estimate of drug-likeness (QED) is 0.452. The van der Waals surface area contributed by atoms with Gasteiger partial charge < -0.3 is 10.1 Å². The van der Waals surface area contributed by atoms with Crippen LogP contribution in [0, 0.1) is 0 Å². The van der Waals surface area contributed by atoms with Crippen LogP contribution in [-0.4, -0.2) is 25.0 Å². The van der Waals surface area contributed by atoms with Gasteiger partial charge in [-0.3, -0.25) is 4.79 Å². The van der Waals surface area contributed by atoms with Gasteiger partial charge in [0.15, 0.2) is 0 Å². The zero-order chi connectivity index (χ0) is 21.3. The summed E-state index contributed by atoms with van der Waals surface area (Å²) >= 11 is 12.2. The van der Waals surface area contributed by atoms with Crippen molar-refractivity contribution >= 4 is 35.1 Å². The number of hydrogen-bond donors (Lipinski definition) is 1. The highest BCUT2D eigenvalue weighted by molar-refractivity contribution is 6.42. The third-order valence-corrected chi connectivity index (χ3v) is 5.41. The monoisotopic (exact) mass is 441 g/mol. The maximum absolute atomic E-state index is 12.4. The van der Waals surface area contributed by atoms with Gasteiger partial charge in [-0.05, 0) is 48.4 Å². The van der Waals surface area contributed by atoms with E-state index in [1.165, 1.54) is 0 Å². The average Bonchev–Trinajstić information content (AvgIpc) is 2.79. The van der Waals surface area contributed by atoms with Crippen LogP contribution < -0.4 is 5.32 Å². The predicted octanol–water partition coefficient (Wildman–Crippen LogP) is 5.75. The van der Waals surface area contributed by atoms with Crippen LogP contribution in [0.3, 0.4) is 0 Å². The molecule has 0 aliphatic heterocycles. The molecule has 1 N–H and O–H groups in total. The molecule has 6 heteroatoms. The first kappa shape index (κ1) is 21.9. The number of amides is 1. The summed E-state index contributed by atoms with van der Waals surface area (Å²) in [7, 11) is 0. The van der Waals surface area contributed by atoms with Gasteiger partial charge in [0.2, 0.25) is 0 Å². The number of carbonyl (C=O) groups excluding carboxylic acids is 2.